The van der Waals surface area contributed by atoms with Crippen molar-refractivity contribution in [1.82, 2.24) is 9.55 Å². The number of para-hydroxylation sites is 2. The highest BCUT2D eigenvalue weighted by atomic mass is 19.4. The first-order chi connectivity index (χ1) is 13.9. The molecule has 0 saturated heterocycles. The molecule has 0 fully saturated rings. The Morgan fingerprint density at radius 2 is 1.55 bits per heavy atom. The number of carbonyl (C=O) groups is 1. The Balaban J connectivity index is 1.70. The van der Waals surface area contributed by atoms with Crippen molar-refractivity contribution < 1.29 is 22.7 Å². The average molecular weight is 396 g/mol. The zero-order valence-electron chi connectivity index (χ0n) is 15.1. The molecule has 7 heteroatoms. The summed E-state index contributed by atoms with van der Waals surface area (Å²) in [5.41, 5.74) is 3.54. The van der Waals surface area contributed by atoms with Crippen LogP contribution in [0.2, 0.25) is 0 Å². The van der Waals surface area contributed by atoms with Gasteiger partial charge in [-0.2, -0.15) is 13.2 Å². The molecule has 0 bridgehead atoms. The molecule has 0 spiro atoms. The van der Waals surface area contributed by atoms with Gasteiger partial charge in [-0.3, -0.25) is 0 Å². The van der Waals surface area contributed by atoms with Gasteiger partial charge >= 0.3 is 12.1 Å². The first-order valence-corrected chi connectivity index (χ1v) is 8.80. The van der Waals surface area contributed by atoms with Crippen molar-refractivity contribution in [2.75, 3.05) is 0 Å². The number of imidazole rings is 1. The third kappa shape index (κ3) is 3.99. The quantitative estimate of drug-likeness (QED) is 0.351. The van der Waals surface area contributed by atoms with Gasteiger partial charge in [-0.25, -0.2) is 9.78 Å². The van der Waals surface area contributed by atoms with E-state index < -0.39 is 12.1 Å². The predicted molar refractivity (Wildman–Crippen MR) is 102 cm³/mol. The number of aromatic nitrogens is 2. The van der Waals surface area contributed by atoms with Crippen molar-refractivity contribution in [3.05, 3.63) is 84.4 Å². The molecule has 0 amide bonds. The van der Waals surface area contributed by atoms with E-state index in [4.69, 9.17) is 0 Å². The van der Waals surface area contributed by atoms with Crippen LogP contribution in [0.4, 0.5) is 13.2 Å². The largest absolute Gasteiger partial charge is 0.491 e. The fourth-order valence-electron chi connectivity index (χ4n) is 3.06. The van der Waals surface area contributed by atoms with Crippen LogP contribution in [0.1, 0.15) is 5.56 Å². The van der Waals surface area contributed by atoms with Gasteiger partial charge in [0, 0.05) is 12.1 Å². The van der Waals surface area contributed by atoms with Crippen LogP contribution in [0.3, 0.4) is 0 Å². The molecule has 0 aliphatic heterocycles. The molecule has 1 aromatic heterocycles. The Hall–Kier alpha value is -3.61. The summed E-state index contributed by atoms with van der Waals surface area (Å²) in [4.78, 5) is 15.7. The molecule has 0 aliphatic carbocycles. The lowest BCUT2D eigenvalue weighted by Crippen LogP contribution is -2.27. The Morgan fingerprint density at radius 3 is 2.24 bits per heavy atom. The fourth-order valence-corrected chi connectivity index (χ4v) is 3.06. The molecular formula is C22H15F3N2O2. The third-order valence-electron chi connectivity index (χ3n) is 4.39. The SMILES string of the molecule is O=C(Oc1ccc(-c2nc3ccccc3n2Cc2ccccc2)cc1)C(F)(F)F. The minimum atomic E-state index is -5.04. The van der Waals surface area contributed by atoms with Gasteiger partial charge in [-0.05, 0) is 42.0 Å². The molecule has 146 valence electrons. The second kappa shape index (κ2) is 7.43. The number of rotatable bonds is 4. The maximum Gasteiger partial charge on any atom is 0.491 e. The van der Waals surface area contributed by atoms with Crippen molar-refractivity contribution in [3.8, 4) is 17.1 Å². The zero-order valence-corrected chi connectivity index (χ0v) is 15.1. The van der Waals surface area contributed by atoms with Crippen LogP contribution in [0.15, 0.2) is 78.9 Å². The first kappa shape index (κ1) is 18.7. The molecule has 0 radical (unpaired) electrons. The van der Waals surface area contributed by atoms with E-state index in [1.165, 1.54) is 12.1 Å². The Bertz CT molecular complexity index is 1150. The fraction of sp³-hybridized carbons (Fsp3) is 0.0909. The van der Waals surface area contributed by atoms with Crippen LogP contribution < -0.4 is 4.74 Å². The first-order valence-electron chi connectivity index (χ1n) is 8.80. The highest BCUT2D eigenvalue weighted by Gasteiger charge is 2.41. The van der Waals surface area contributed by atoms with Crippen LogP contribution in [-0.4, -0.2) is 21.7 Å². The van der Waals surface area contributed by atoms with E-state index in [1.807, 2.05) is 59.2 Å². The van der Waals surface area contributed by atoms with Crippen molar-refractivity contribution in [2.24, 2.45) is 0 Å². The monoisotopic (exact) mass is 396 g/mol. The molecule has 4 nitrogen and oxygen atoms in total. The van der Waals surface area contributed by atoms with E-state index in [1.54, 1.807) is 12.1 Å². The van der Waals surface area contributed by atoms with E-state index in [0.29, 0.717) is 17.9 Å². The summed E-state index contributed by atoms with van der Waals surface area (Å²) < 4.78 is 43.5. The summed E-state index contributed by atoms with van der Waals surface area (Å²) in [6, 6.07) is 23.4. The summed E-state index contributed by atoms with van der Waals surface area (Å²) >= 11 is 0. The van der Waals surface area contributed by atoms with Gasteiger partial charge in [0.2, 0.25) is 0 Å². The Kier molecular flexibility index (Phi) is 4.80. The van der Waals surface area contributed by atoms with Crippen molar-refractivity contribution in [1.29, 1.82) is 0 Å². The number of hydrogen-bond donors (Lipinski definition) is 0. The van der Waals surface area contributed by atoms with Gasteiger partial charge in [-0.15, -0.1) is 0 Å². The van der Waals surface area contributed by atoms with E-state index in [2.05, 4.69) is 9.72 Å². The lowest BCUT2D eigenvalue weighted by Gasteiger charge is -2.11. The number of esters is 1. The summed E-state index contributed by atoms with van der Waals surface area (Å²) in [6.45, 7) is 0.585. The highest BCUT2D eigenvalue weighted by Crippen LogP contribution is 2.28. The normalized spacial score (nSPS) is 11.6. The molecule has 29 heavy (non-hydrogen) atoms. The van der Waals surface area contributed by atoms with E-state index >= 15 is 0 Å². The number of alkyl halides is 3. The number of ether oxygens (including phenoxy) is 1. The van der Waals surface area contributed by atoms with Crippen molar-refractivity contribution in [3.63, 3.8) is 0 Å². The Labute approximate surface area is 164 Å². The number of carbonyl (C=O) groups excluding carboxylic acids is 1. The highest BCUT2D eigenvalue weighted by molar-refractivity contribution is 5.81. The van der Waals surface area contributed by atoms with Gasteiger partial charge in [0.05, 0.1) is 11.0 Å². The average Bonchev–Trinajstić information content (AvgIpc) is 3.07. The van der Waals surface area contributed by atoms with Crippen LogP contribution in [0, 0.1) is 0 Å². The van der Waals surface area contributed by atoms with Gasteiger partial charge in [0.25, 0.3) is 0 Å². The maximum absolute atomic E-state index is 12.4. The summed E-state index contributed by atoms with van der Waals surface area (Å²) in [5, 5.41) is 0. The smallest absolute Gasteiger partial charge is 0.420 e. The third-order valence-corrected chi connectivity index (χ3v) is 4.39. The van der Waals surface area contributed by atoms with Gasteiger partial charge in [0.15, 0.2) is 0 Å². The lowest BCUT2D eigenvalue weighted by atomic mass is 10.2. The number of nitrogens with zero attached hydrogens (tertiary/aromatic N) is 2. The predicted octanol–water partition coefficient (Wildman–Crippen LogP) is 5.22. The van der Waals surface area contributed by atoms with Crippen LogP contribution in [0.5, 0.6) is 5.75 Å². The van der Waals surface area contributed by atoms with Crippen LogP contribution in [-0.2, 0) is 11.3 Å². The van der Waals surface area contributed by atoms with Crippen LogP contribution >= 0.6 is 0 Å². The van der Waals surface area contributed by atoms with Gasteiger partial charge in [-0.1, -0.05) is 42.5 Å². The standard InChI is InChI=1S/C22H15F3N2O2/c23-22(24,25)21(28)29-17-12-10-16(11-13-17)20-26-18-8-4-5-9-19(18)27(20)14-15-6-2-1-3-7-15/h1-13H,14H2. The molecule has 0 N–H and O–H groups in total. The molecule has 4 aromatic rings. The number of benzene rings is 3. The molecule has 4 rings (SSSR count). The van der Waals surface area contributed by atoms with E-state index in [-0.39, 0.29) is 5.75 Å². The second-order valence-electron chi connectivity index (χ2n) is 6.41. The minimum Gasteiger partial charge on any atom is -0.420 e. The molecule has 0 unspecified atom stereocenters. The van der Waals surface area contributed by atoms with Gasteiger partial charge < -0.3 is 9.30 Å². The Morgan fingerprint density at radius 1 is 0.897 bits per heavy atom. The molecular weight excluding hydrogens is 381 g/mol. The summed E-state index contributed by atoms with van der Waals surface area (Å²) in [5.74, 6) is -1.76. The molecule has 0 aliphatic rings. The summed E-state index contributed by atoms with van der Waals surface area (Å²) in [6.07, 6.45) is -5.04. The minimum absolute atomic E-state index is 0.179. The van der Waals surface area contributed by atoms with Crippen molar-refractivity contribution >= 4 is 17.0 Å². The molecule has 0 saturated carbocycles. The lowest BCUT2D eigenvalue weighted by molar-refractivity contribution is -0.189. The van der Waals surface area contributed by atoms with Crippen LogP contribution in [0.25, 0.3) is 22.4 Å². The number of halogens is 3. The summed E-state index contributed by atoms with van der Waals surface area (Å²) in [7, 11) is 0. The topological polar surface area (TPSA) is 44.1 Å². The maximum atomic E-state index is 12.4. The molecule has 1 heterocycles. The molecule has 3 aromatic carbocycles. The van der Waals surface area contributed by atoms with Gasteiger partial charge in [0.1, 0.15) is 11.6 Å². The number of fused-ring (bicyclic) bond motifs is 1. The zero-order chi connectivity index (χ0) is 20.4. The second-order valence-corrected chi connectivity index (χ2v) is 6.41. The van der Waals surface area contributed by atoms with Crippen molar-refractivity contribution in [2.45, 2.75) is 12.7 Å². The van der Waals surface area contributed by atoms with E-state index in [0.717, 1.165) is 16.6 Å². The van der Waals surface area contributed by atoms with E-state index in [9.17, 15) is 18.0 Å². The number of hydrogen-bond acceptors (Lipinski definition) is 3. The molecule has 0 atom stereocenters.